The van der Waals surface area contributed by atoms with Gasteiger partial charge in [-0.25, -0.2) is 0 Å². The van der Waals surface area contributed by atoms with Crippen molar-refractivity contribution in [2.75, 3.05) is 38.1 Å². The highest BCUT2D eigenvalue weighted by Gasteiger charge is 2.20. The third-order valence-corrected chi connectivity index (χ3v) is 5.42. The molecule has 1 aliphatic heterocycles. The van der Waals surface area contributed by atoms with Gasteiger partial charge in [-0.05, 0) is 29.0 Å². The monoisotopic (exact) mass is 448 g/mol. The van der Waals surface area contributed by atoms with E-state index in [0.717, 1.165) is 38.7 Å². The van der Waals surface area contributed by atoms with Crippen molar-refractivity contribution in [2.45, 2.75) is 6.54 Å². The van der Waals surface area contributed by atoms with Crippen LogP contribution in [0.4, 0.5) is 5.00 Å². The molecular formula is C15H21IN4S2. The Hall–Kier alpha value is -0.800. The van der Waals surface area contributed by atoms with E-state index in [1.54, 1.807) is 11.3 Å². The van der Waals surface area contributed by atoms with Gasteiger partial charge in [0.2, 0.25) is 0 Å². The quantitative estimate of drug-likeness (QED) is 0.444. The molecule has 3 heterocycles. The second-order valence-corrected chi connectivity index (χ2v) is 6.86. The van der Waals surface area contributed by atoms with Crippen LogP contribution in [0.3, 0.4) is 0 Å². The SMILES string of the molecule is CN=C(NCc1cccs1)N1CCN(c2cccs2)CC1.I. The van der Waals surface area contributed by atoms with Crippen molar-refractivity contribution in [1.29, 1.82) is 0 Å². The number of rotatable bonds is 3. The molecule has 4 nitrogen and oxygen atoms in total. The molecule has 7 heteroatoms. The topological polar surface area (TPSA) is 30.9 Å². The van der Waals surface area contributed by atoms with E-state index >= 15 is 0 Å². The summed E-state index contributed by atoms with van der Waals surface area (Å²) in [6, 6.07) is 8.56. The molecule has 0 unspecified atom stereocenters. The van der Waals surface area contributed by atoms with Crippen molar-refractivity contribution in [3.8, 4) is 0 Å². The van der Waals surface area contributed by atoms with Crippen LogP contribution in [0.15, 0.2) is 40.0 Å². The molecule has 1 fully saturated rings. The Labute approximate surface area is 156 Å². The first kappa shape index (κ1) is 17.6. The van der Waals surface area contributed by atoms with Gasteiger partial charge in [-0.3, -0.25) is 4.99 Å². The smallest absolute Gasteiger partial charge is 0.194 e. The summed E-state index contributed by atoms with van der Waals surface area (Å²) in [6.07, 6.45) is 0. The minimum absolute atomic E-state index is 0. The lowest BCUT2D eigenvalue weighted by molar-refractivity contribution is 0.373. The van der Waals surface area contributed by atoms with Crippen LogP contribution in [0.5, 0.6) is 0 Å². The van der Waals surface area contributed by atoms with Crippen molar-refractivity contribution in [1.82, 2.24) is 10.2 Å². The van der Waals surface area contributed by atoms with Gasteiger partial charge in [0.25, 0.3) is 0 Å². The summed E-state index contributed by atoms with van der Waals surface area (Å²) in [5, 5.41) is 9.09. The van der Waals surface area contributed by atoms with Gasteiger partial charge in [0.05, 0.1) is 11.5 Å². The maximum atomic E-state index is 4.42. The molecule has 0 radical (unpaired) electrons. The molecule has 0 spiro atoms. The van der Waals surface area contributed by atoms with Crippen LogP contribution in [0.25, 0.3) is 0 Å². The fourth-order valence-corrected chi connectivity index (χ4v) is 3.93. The molecule has 1 aliphatic rings. The zero-order chi connectivity index (χ0) is 14.5. The molecule has 2 aromatic heterocycles. The highest BCUT2D eigenvalue weighted by molar-refractivity contribution is 14.0. The Kier molecular flexibility index (Phi) is 6.97. The lowest BCUT2D eigenvalue weighted by atomic mass is 10.3. The largest absolute Gasteiger partial charge is 0.360 e. The van der Waals surface area contributed by atoms with Crippen molar-refractivity contribution in [2.24, 2.45) is 4.99 Å². The first-order valence-corrected chi connectivity index (χ1v) is 8.89. The van der Waals surface area contributed by atoms with Gasteiger partial charge in [-0.1, -0.05) is 6.07 Å². The van der Waals surface area contributed by atoms with Gasteiger partial charge in [-0.15, -0.1) is 46.7 Å². The average Bonchev–Trinajstić information content (AvgIpc) is 3.22. The number of thiophene rings is 2. The number of aliphatic imine (C=N–C) groups is 1. The Bertz CT molecular complexity index is 560. The van der Waals surface area contributed by atoms with Crippen molar-refractivity contribution in [3.63, 3.8) is 0 Å². The molecule has 1 N–H and O–H groups in total. The molecular weight excluding hydrogens is 427 g/mol. The Morgan fingerprint density at radius 3 is 2.45 bits per heavy atom. The van der Waals surface area contributed by atoms with E-state index in [2.05, 4.69) is 55.1 Å². The summed E-state index contributed by atoms with van der Waals surface area (Å²) < 4.78 is 0. The summed E-state index contributed by atoms with van der Waals surface area (Å²) in [4.78, 5) is 10.6. The third kappa shape index (κ3) is 4.36. The number of guanidine groups is 1. The molecule has 0 saturated carbocycles. The number of nitrogens with one attached hydrogen (secondary N) is 1. The van der Waals surface area contributed by atoms with Crippen LogP contribution in [-0.4, -0.2) is 44.1 Å². The lowest BCUT2D eigenvalue weighted by Gasteiger charge is -2.37. The van der Waals surface area contributed by atoms with Gasteiger partial charge < -0.3 is 15.1 Å². The van der Waals surface area contributed by atoms with E-state index in [4.69, 9.17) is 0 Å². The minimum atomic E-state index is 0. The molecule has 120 valence electrons. The number of nitrogens with zero attached hydrogens (tertiary/aromatic N) is 3. The van der Waals surface area contributed by atoms with E-state index in [9.17, 15) is 0 Å². The van der Waals surface area contributed by atoms with Crippen molar-refractivity contribution in [3.05, 3.63) is 39.9 Å². The van der Waals surface area contributed by atoms with Gasteiger partial charge in [0.15, 0.2) is 5.96 Å². The van der Waals surface area contributed by atoms with Crippen molar-refractivity contribution < 1.29 is 0 Å². The van der Waals surface area contributed by atoms with Crippen LogP contribution >= 0.6 is 46.7 Å². The standard InChI is InChI=1S/C15H20N4S2.HI/c1-16-15(17-12-13-4-2-10-20-13)19-8-6-18(7-9-19)14-5-3-11-21-14;/h2-5,10-11H,6-9,12H2,1H3,(H,16,17);1H. The number of hydrogen-bond acceptors (Lipinski definition) is 4. The average molecular weight is 448 g/mol. The first-order chi connectivity index (χ1) is 10.4. The van der Waals surface area contributed by atoms with E-state index < -0.39 is 0 Å². The number of halogens is 1. The van der Waals surface area contributed by atoms with Gasteiger partial charge >= 0.3 is 0 Å². The highest BCUT2D eigenvalue weighted by atomic mass is 127. The van der Waals surface area contributed by atoms with Crippen LogP contribution in [0, 0.1) is 0 Å². The van der Waals surface area contributed by atoms with Crippen LogP contribution in [-0.2, 0) is 6.54 Å². The van der Waals surface area contributed by atoms with Crippen LogP contribution < -0.4 is 10.2 Å². The van der Waals surface area contributed by atoms with Gasteiger partial charge in [-0.2, -0.15) is 0 Å². The van der Waals surface area contributed by atoms with E-state index in [0.29, 0.717) is 0 Å². The van der Waals surface area contributed by atoms with Crippen LogP contribution in [0.2, 0.25) is 0 Å². The fraction of sp³-hybridized carbons (Fsp3) is 0.400. The van der Waals surface area contributed by atoms with Crippen molar-refractivity contribution >= 4 is 57.6 Å². The maximum Gasteiger partial charge on any atom is 0.194 e. The molecule has 2 aromatic rings. The Morgan fingerprint density at radius 1 is 1.14 bits per heavy atom. The van der Waals surface area contributed by atoms with Gasteiger partial charge in [0, 0.05) is 38.1 Å². The molecule has 0 amide bonds. The Morgan fingerprint density at radius 2 is 1.86 bits per heavy atom. The molecule has 0 aromatic carbocycles. The summed E-state index contributed by atoms with van der Waals surface area (Å²) in [7, 11) is 1.86. The molecule has 0 aliphatic carbocycles. The maximum absolute atomic E-state index is 4.42. The Balaban J connectivity index is 0.00000176. The highest BCUT2D eigenvalue weighted by Crippen LogP contribution is 2.22. The zero-order valence-corrected chi connectivity index (χ0v) is 16.5. The number of anilines is 1. The predicted molar refractivity (Wildman–Crippen MR) is 108 cm³/mol. The van der Waals surface area contributed by atoms with Crippen LogP contribution in [0.1, 0.15) is 4.88 Å². The molecule has 1 saturated heterocycles. The van der Waals surface area contributed by atoms with E-state index in [1.165, 1.54) is 9.88 Å². The molecule has 0 bridgehead atoms. The molecule has 0 atom stereocenters. The van der Waals surface area contributed by atoms with E-state index in [-0.39, 0.29) is 24.0 Å². The molecule has 3 rings (SSSR count). The summed E-state index contributed by atoms with van der Waals surface area (Å²) in [6.45, 7) is 5.00. The second kappa shape index (κ2) is 8.73. The summed E-state index contributed by atoms with van der Waals surface area (Å²) in [5.41, 5.74) is 0. The summed E-state index contributed by atoms with van der Waals surface area (Å²) >= 11 is 3.59. The summed E-state index contributed by atoms with van der Waals surface area (Å²) in [5.74, 6) is 1.01. The lowest BCUT2D eigenvalue weighted by Crippen LogP contribution is -2.52. The minimum Gasteiger partial charge on any atom is -0.360 e. The first-order valence-electron chi connectivity index (χ1n) is 7.13. The molecule has 22 heavy (non-hydrogen) atoms. The normalized spacial score (nSPS) is 15.6. The fourth-order valence-electron chi connectivity index (χ4n) is 2.50. The number of hydrogen-bond donors (Lipinski definition) is 1. The number of piperazine rings is 1. The zero-order valence-electron chi connectivity index (χ0n) is 12.6. The third-order valence-electron chi connectivity index (χ3n) is 3.61. The second-order valence-electron chi connectivity index (χ2n) is 4.91. The predicted octanol–water partition coefficient (Wildman–Crippen LogP) is 3.33. The van der Waals surface area contributed by atoms with Gasteiger partial charge in [0.1, 0.15) is 0 Å². The van der Waals surface area contributed by atoms with E-state index in [1.807, 2.05) is 18.4 Å².